The van der Waals surface area contributed by atoms with Gasteiger partial charge in [0, 0.05) is 49.0 Å². The van der Waals surface area contributed by atoms with Gasteiger partial charge in [-0.3, -0.25) is 4.79 Å². The maximum absolute atomic E-state index is 12.8. The Kier molecular flexibility index (Phi) is 8.92. The van der Waals surface area contributed by atoms with Crippen LogP contribution in [0, 0.1) is 0 Å². The van der Waals surface area contributed by atoms with Crippen LogP contribution in [0.5, 0.6) is 5.75 Å². The summed E-state index contributed by atoms with van der Waals surface area (Å²) in [6, 6.07) is 17.8. The molecule has 0 bridgehead atoms. The Bertz CT molecular complexity index is 1790. The molecule has 1 aliphatic heterocycles. The van der Waals surface area contributed by atoms with E-state index in [0.29, 0.717) is 43.3 Å². The standard InChI is InChI=1S/C27H30N6O6S2.ClH/c1-40(35,36)33(21-6-9-23(10-7-21)41(29,37)38)20-4-2-19(3-5-20)31-12-14-32(15-13-31)27(34)18-39-22-8-11-26-24(16-22)25(28)17-30-26;/h2-11,16-17,30H,12-15,18,28H2,1H3,(H2,29,37,38);1H. The molecule has 5 rings (SSSR count). The molecule has 0 radical (unpaired) electrons. The zero-order chi connectivity index (χ0) is 29.4. The van der Waals surface area contributed by atoms with Crippen molar-refractivity contribution >= 4 is 72.0 Å². The molecule has 5 N–H and O–H groups in total. The summed E-state index contributed by atoms with van der Waals surface area (Å²) in [5, 5.41) is 5.99. The minimum Gasteiger partial charge on any atom is -0.484 e. The molecule has 2 heterocycles. The monoisotopic (exact) mass is 634 g/mol. The summed E-state index contributed by atoms with van der Waals surface area (Å²) in [4.78, 5) is 19.6. The number of anilines is 4. The van der Waals surface area contributed by atoms with Crippen molar-refractivity contribution < 1.29 is 26.4 Å². The molecular formula is C27H31ClN6O6S2. The van der Waals surface area contributed by atoms with Gasteiger partial charge in [-0.1, -0.05) is 0 Å². The van der Waals surface area contributed by atoms with Crippen LogP contribution in [0.3, 0.4) is 0 Å². The molecule has 3 aromatic carbocycles. The van der Waals surface area contributed by atoms with Gasteiger partial charge in [0.15, 0.2) is 6.61 Å². The SMILES string of the molecule is CS(=O)(=O)N(c1ccc(N2CCN(C(=O)COc3ccc4[nH]cc(N)c4c3)CC2)cc1)c1ccc(S(N)(=O)=O)cc1.Cl. The molecule has 0 spiro atoms. The second-order valence-corrected chi connectivity index (χ2v) is 13.1. The van der Waals surface area contributed by atoms with Gasteiger partial charge >= 0.3 is 0 Å². The summed E-state index contributed by atoms with van der Waals surface area (Å²) < 4.78 is 55.2. The highest BCUT2D eigenvalue weighted by atomic mass is 35.5. The number of piperazine rings is 1. The number of ether oxygens (including phenoxy) is 1. The Hall–Kier alpha value is -3.98. The molecule has 4 aromatic rings. The van der Waals surface area contributed by atoms with E-state index in [4.69, 9.17) is 15.6 Å². The van der Waals surface area contributed by atoms with E-state index in [1.54, 1.807) is 35.4 Å². The van der Waals surface area contributed by atoms with Crippen molar-refractivity contribution in [2.45, 2.75) is 4.90 Å². The Labute approximate surface area is 250 Å². The van der Waals surface area contributed by atoms with Crippen LogP contribution in [0.4, 0.5) is 22.7 Å². The normalized spacial score (nSPS) is 14.0. The van der Waals surface area contributed by atoms with Crippen molar-refractivity contribution in [3.8, 4) is 5.75 Å². The molecular weight excluding hydrogens is 604 g/mol. The van der Waals surface area contributed by atoms with Crippen molar-refractivity contribution in [3.05, 3.63) is 72.9 Å². The summed E-state index contributed by atoms with van der Waals surface area (Å²) in [5.41, 5.74) is 9.01. The lowest BCUT2D eigenvalue weighted by molar-refractivity contribution is -0.133. The number of halogens is 1. The molecule has 1 saturated heterocycles. The highest BCUT2D eigenvalue weighted by Gasteiger charge is 2.24. The Morgan fingerprint density at radius 1 is 0.929 bits per heavy atom. The number of fused-ring (bicyclic) bond motifs is 1. The zero-order valence-electron chi connectivity index (χ0n) is 22.6. The molecule has 1 aliphatic rings. The van der Waals surface area contributed by atoms with Gasteiger partial charge < -0.3 is 25.3 Å². The van der Waals surface area contributed by atoms with Crippen molar-refractivity contribution in [2.75, 3.05) is 54.0 Å². The number of rotatable bonds is 8. The molecule has 0 aliphatic carbocycles. The van der Waals surface area contributed by atoms with Crippen LogP contribution >= 0.6 is 12.4 Å². The number of primary sulfonamides is 1. The predicted molar refractivity (Wildman–Crippen MR) is 165 cm³/mol. The number of carbonyl (C=O) groups excluding carboxylic acids is 1. The van der Waals surface area contributed by atoms with E-state index >= 15 is 0 Å². The largest absolute Gasteiger partial charge is 0.484 e. The second-order valence-electron chi connectivity index (χ2n) is 9.69. The van der Waals surface area contributed by atoms with Gasteiger partial charge in [0.1, 0.15) is 5.75 Å². The summed E-state index contributed by atoms with van der Waals surface area (Å²) in [6.45, 7) is 2.15. The summed E-state index contributed by atoms with van der Waals surface area (Å²) in [6.07, 6.45) is 2.79. The number of carbonyl (C=O) groups is 1. The van der Waals surface area contributed by atoms with E-state index in [9.17, 15) is 21.6 Å². The fourth-order valence-corrected chi connectivity index (χ4v) is 6.29. The number of nitrogens with zero attached hydrogens (tertiary/aromatic N) is 3. The quantitative estimate of drug-likeness (QED) is 0.265. The van der Waals surface area contributed by atoms with E-state index in [1.165, 1.54) is 24.3 Å². The fourth-order valence-electron chi connectivity index (χ4n) is 4.76. The first-order valence-corrected chi connectivity index (χ1v) is 16.0. The molecule has 12 nitrogen and oxygen atoms in total. The van der Waals surface area contributed by atoms with Crippen molar-refractivity contribution in [3.63, 3.8) is 0 Å². The number of H-pyrrole nitrogens is 1. The molecule has 42 heavy (non-hydrogen) atoms. The Morgan fingerprint density at radius 3 is 2.10 bits per heavy atom. The topological polar surface area (TPSA) is 172 Å². The summed E-state index contributed by atoms with van der Waals surface area (Å²) in [5.74, 6) is 0.457. The van der Waals surface area contributed by atoms with Crippen LogP contribution in [-0.2, 0) is 24.8 Å². The van der Waals surface area contributed by atoms with Crippen LogP contribution in [0.15, 0.2) is 77.8 Å². The molecule has 1 aromatic heterocycles. The molecule has 15 heteroatoms. The average molecular weight is 635 g/mol. The van der Waals surface area contributed by atoms with Crippen LogP contribution in [-0.4, -0.2) is 71.7 Å². The number of sulfonamides is 2. The molecule has 0 unspecified atom stereocenters. The third kappa shape index (κ3) is 6.73. The third-order valence-electron chi connectivity index (χ3n) is 6.86. The predicted octanol–water partition coefficient (Wildman–Crippen LogP) is 2.64. The number of aromatic amines is 1. The molecule has 0 saturated carbocycles. The first-order chi connectivity index (χ1) is 19.4. The van der Waals surface area contributed by atoms with Crippen LogP contribution < -0.4 is 24.8 Å². The highest BCUT2D eigenvalue weighted by Crippen LogP contribution is 2.31. The number of amides is 1. The van der Waals surface area contributed by atoms with Gasteiger partial charge in [-0.2, -0.15) is 0 Å². The summed E-state index contributed by atoms with van der Waals surface area (Å²) >= 11 is 0. The minimum atomic E-state index is -3.91. The van der Waals surface area contributed by atoms with Gasteiger partial charge in [-0.05, 0) is 66.7 Å². The fraction of sp³-hybridized carbons (Fsp3) is 0.222. The van der Waals surface area contributed by atoms with Crippen LogP contribution in [0.25, 0.3) is 10.9 Å². The first kappa shape index (κ1) is 31.0. The van der Waals surface area contributed by atoms with Crippen LogP contribution in [0.2, 0.25) is 0 Å². The van der Waals surface area contributed by atoms with Gasteiger partial charge in [0.05, 0.1) is 28.2 Å². The van der Waals surface area contributed by atoms with Gasteiger partial charge in [-0.25, -0.2) is 26.3 Å². The smallest absolute Gasteiger partial charge is 0.260 e. The number of hydrogen-bond acceptors (Lipinski definition) is 8. The van der Waals surface area contributed by atoms with E-state index in [-0.39, 0.29) is 35.5 Å². The lowest BCUT2D eigenvalue weighted by Gasteiger charge is -2.36. The number of nitrogens with two attached hydrogens (primary N) is 2. The first-order valence-electron chi connectivity index (χ1n) is 12.7. The number of aromatic nitrogens is 1. The van der Waals surface area contributed by atoms with Gasteiger partial charge in [0.25, 0.3) is 5.91 Å². The molecule has 224 valence electrons. The zero-order valence-corrected chi connectivity index (χ0v) is 25.1. The maximum atomic E-state index is 12.8. The molecule has 1 fully saturated rings. The molecule has 1 amide bonds. The number of nitrogens with one attached hydrogen (secondary N) is 1. The number of nitrogen functional groups attached to an aromatic ring is 1. The van der Waals surface area contributed by atoms with Crippen molar-refractivity contribution in [1.82, 2.24) is 9.88 Å². The van der Waals surface area contributed by atoms with Crippen molar-refractivity contribution in [1.29, 1.82) is 0 Å². The van der Waals surface area contributed by atoms with E-state index < -0.39 is 20.0 Å². The number of benzene rings is 3. The number of hydrogen-bond donors (Lipinski definition) is 3. The van der Waals surface area contributed by atoms with E-state index in [2.05, 4.69) is 9.88 Å². The second kappa shape index (κ2) is 12.1. The summed E-state index contributed by atoms with van der Waals surface area (Å²) in [7, 11) is -7.64. The van der Waals surface area contributed by atoms with Gasteiger partial charge in [-0.15, -0.1) is 12.4 Å². The van der Waals surface area contributed by atoms with Gasteiger partial charge in [0.2, 0.25) is 20.0 Å². The van der Waals surface area contributed by atoms with E-state index in [1.807, 2.05) is 18.2 Å². The average Bonchev–Trinajstić information content (AvgIpc) is 3.31. The van der Waals surface area contributed by atoms with E-state index in [0.717, 1.165) is 27.2 Å². The molecule has 0 atom stereocenters. The minimum absolute atomic E-state index is 0. The Balaban J connectivity index is 0.00000405. The third-order valence-corrected chi connectivity index (χ3v) is 8.87. The highest BCUT2D eigenvalue weighted by molar-refractivity contribution is 7.92. The van der Waals surface area contributed by atoms with Crippen LogP contribution in [0.1, 0.15) is 0 Å². The van der Waals surface area contributed by atoms with Crippen molar-refractivity contribution in [2.24, 2.45) is 5.14 Å². The lowest BCUT2D eigenvalue weighted by Crippen LogP contribution is -2.50. The Morgan fingerprint density at radius 2 is 1.52 bits per heavy atom. The maximum Gasteiger partial charge on any atom is 0.260 e. The lowest BCUT2D eigenvalue weighted by atomic mass is 10.2.